The minimum atomic E-state index is -0.758. The lowest BCUT2D eigenvalue weighted by molar-refractivity contribution is -0.384. The van der Waals surface area contributed by atoms with Crippen LogP contribution in [0.1, 0.15) is 40.0 Å². The molecule has 1 aromatic carbocycles. The Balaban J connectivity index is 2.34. The van der Waals surface area contributed by atoms with E-state index >= 15 is 0 Å². The number of methoxy groups -OCH3 is 2. The van der Waals surface area contributed by atoms with Crippen LogP contribution >= 0.6 is 0 Å². The van der Waals surface area contributed by atoms with Crippen molar-refractivity contribution in [1.29, 1.82) is 0 Å². The first-order valence-corrected chi connectivity index (χ1v) is 10.5. The third kappa shape index (κ3) is 7.33. The zero-order valence-corrected chi connectivity index (χ0v) is 19.4. The van der Waals surface area contributed by atoms with Crippen LogP contribution in [0.4, 0.5) is 10.5 Å². The van der Waals surface area contributed by atoms with Gasteiger partial charge in [-0.2, -0.15) is 0 Å². The lowest BCUT2D eigenvalue weighted by Gasteiger charge is -2.29. The number of hydrogen-bond acceptors (Lipinski definition) is 9. The number of nitrogens with zero attached hydrogens (tertiary/aromatic N) is 2. The Morgan fingerprint density at radius 3 is 2.21 bits per heavy atom. The Bertz CT molecular complexity index is 864. The number of esters is 2. The molecule has 1 saturated heterocycles. The number of nitro groups is 1. The lowest BCUT2D eigenvalue weighted by Crippen LogP contribution is -2.42. The molecule has 11 nitrogen and oxygen atoms in total. The molecule has 2 unspecified atom stereocenters. The van der Waals surface area contributed by atoms with Gasteiger partial charge in [0.15, 0.2) is 0 Å². The Morgan fingerprint density at radius 2 is 1.70 bits per heavy atom. The summed E-state index contributed by atoms with van der Waals surface area (Å²) in [5.74, 6) is -1.02. The highest BCUT2D eigenvalue weighted by Gasteiger charge is 2.47. The van der Waals surface area contributed by atoms with Crippen molar-refractivity contribution in [3.05, 3.63) is 34.4 Å². The van der Waals surface area contributed by atoms with Crippen LogP contribution in [0, 0.1) is 16.0 Å². The van der Waals surface area contributed by atoms with Gasteiger partial charge in [-0.15, -0.1) is 0 Å². The number of benzene rings is 1. The fraction of sp³-hybridized carbons (Fsp3) is 0.591. The number of carbonyl (C=O) groups is 3. The van der Waals surface area contributed by atoms with E-state index in [4.69, 9.17) is 18.9 Å². The molecule has 1 aliphatic heterocycles. The van der Waals surface area contributed by atoms with E-state index in [0.29, 0.717) is 5.75 Å². The second kappa shape index (κ2) is 11.0. The minimum Gasteiger partial charge on any atom is -0.488 e. The van der Waals surface area contributed by atoms with Crippen molar-refractivity contribution < 1.29 is 38.3 Å². The van der Waals surface area contributed by atoms with Crippen LogP contribution in [-0.2, 0) is 23.8 Å². The third-order valence-corrected chi connectivity index (χ3v) is 5.22. The lowest BCUT2D eigenvalue weighted by atomic mass is 9.90. The van der Waals surface area contributed by atoms with Gasteiger partial charge < -0.3 is 23.8 Å². The summed E-state index contributed by atoms with van der Waals surface area (Å²) in [6.45, 7) is 5.29. The van der Waals surface area contributed by atoms with Crippen LogP contribution in [0.5, 0.6) is 5.75 Å². The largest absolute Gasteiger partial charge is 0.488 e. The van der Waals surface area contributed by atoms with Crippen molar-refractivity contribution in [1.82, 2.24) is 4.90 Å². The summed E-state index contributed by atoms with van der Waals surface area (Å²) >= 11 is 0. The highest BCUT2D eigenvalue weighted by molar-refractivity contribution is 5.74. The van der Waals surface area contributed by atoms with E-state index in [2.05, 4.69) is 0 Å². The summed E-state index contributed by atoms with van der Waals surface area (Å²) in [4.78, 5) is 48.7. The van der Waals surface area contributed by atoms with Crippen LogP contribution in [-0.4, -0.2) is 66.4 Å². The van der Waals surface area contributed by atoms with E-state index in [1.165, 1.54) is 43.4 Å². The van der Waals surface area contributed by atoms with Crippen molar-refractivity contribution in [3.8, 4) is 5.75 Å². The monoisotopic (exact) mass is 466 g/mol. The molecule has 1 heterocycles. The number of carbonyl (C=O) groups excluding carboxylic acids is 3. The normalized spacial score (nSPS) is 20.2. The van der Waals surface area contributed by atoms with Gasteiger partial charge in [-0.25, -0.2) is 4.79 Å². The first kappa shape index (κ1) is 25.9. The highest BCUT2D eigenvalue weighted by Crippen LogP contribution is 2.35. The van der Waals surface area contributed by atoms with E-state index in [-0.39, 0.29) is 31.5 Å². The number of ether oxygens (including phenoxy) is 4. The van der Waals surface area contributed by atoms with Gasteiger partial charge in [0.25, 0.3) is 5.69 Å². The Labute approximate surface area is 192 Å². The number of nitro benzene ring substituents is 1. The summed E-state index contributed by atoms with van der Waals surface area (Å²) < 4.78 is 21.1. The maximum Gasteiger partial charge on any atom is 0.410 e. The molecule has 0 radical (unpaired) electrons. The summed E-state index contributed by atoms with van der Waals surface area (Å²) in [6, 6.07) is 4.90. The van der Waals surface area contributed by atoms with E-state index in [1.807, 2.05) is 0 Å². The van der Waals surface area contributed by atoms with Crippen molar-refractivity contribution in [2.45, 2.75) is 57.8 Å². The zero-order valence-electron chi connectivity index (χ0n) is 19.4. The van der Waals surface area contributed by atoms with Crippen LogP contribution < -0.4 is 4.74 Å². The zero-order chi connectivity index (χ0) is 24.8. The van der Waals surface area contributed by atoms with Crippen molar-refractivity contribution in [3.63, 3.8) is 0 Å². The van der Waals surface area contributed by atoms with Gasteiger partial charge in [-0.3, -0.25) is 19.7 Å². The van der Waals surface area contributed by atoms with Gasteiger partial charge in [-0.05, 0) is 39.3 Å². The molecule has 1 fully saturated rings. The molecule has 0 bridgehead atoms. The van der Waals surface area contributed by atoms with Crippen LogP contribution in [0.15, 0.2) is 24.3 Å². The molecule has 1 aromatic rings. The van der Waals surface area contributed by atoms with E-state index in [1.54, 1.807) is 20.8 Å². The average molecular weight is 466 g/mol. The summed E-state index contributed by atoms with van der Waals surface area (Å²) in [5.41, 5.74) is -0.846. The predicted molar refractivity (Wildman–Crippen MR) is 116 cm³/mol. The highest BCUT2D eigenvalue weighted by atomic mass is 16.6. The van der Waals surface area contributed by atoms with Gasteiger partial charge in [0.05, 0.1) is 38.2 Å². The number of non-ortho nitro benzene ring substituents is 1. The van der Waals surface area contributed by atoms with Gasteiger partial charge in [-0.1, -0.05) is 0 Å². The second-order valence-corrected chi connectivity index (χ2v) is 8.67. The van der Waals surface area contributed by atoms with Crippen LogP contribution in [0.2, 0.25) is 0 Å². The first-order chi connectivity index (χ1) is 15.4. The molecule has 1 amide bonds. The first-order valence-electron chi connectivity index (χ1n) is 10.5. The molecule has 0 saturated carbocycles. The third-order valence-electron chi connectivity index (χ3n) is 5.22. The number of amides is 1. The molecule has 33 heavy (non-hydrogen) atoms. The minimum absolute atomic E-state index is 0.0567. The quantitative estimate of drug-likeness (QED) is 0.245. The topological polar surface area (TPSA) is 135 Å². The van der Waals surface area contributed by atoms with Gasteiger partial charge in [0.2, 0.25) is 0 Å². The predicted octanol–water partition coefficient (Wildman–Crippen LogP) is 3.09. The van der Waals surface area contributed by atoms with E-state index in [0.717, 1.165) is 0 Å². The van der Waals surface area contributed by atoms with Crippen LogP contribution in [0.25, 0.3) is 0 Å². The number of rotatable bonds is 8. The smallest absolute Gasteiger partial charge is 0.410 e. The molecular formula is C22H30N2O9. The molecule has 0 aliphatic carbocycles. The fourth-order valence-electron chi connectivity index (χ4n) is 3.70. The second-order valence-electron chi connectivity index (χ2n) is 8.67. The summed E-state index contributed by atoms with van der Waals surface area (Å²) in [5, 5.41) is 10.9. The maximum absolute atomic E-state index is 12.9. The van der Waals surface area contributed by atoms with Crippen molar-refractivity contribution >= 4 is 23.7 Å². The fourth-order valence-corrected chi connectivity index (χ4v) is 3.70. The molecule has 182 valence electrons. The van der Waals surface area contributed by atoms with Gasteiger partial charge in [0, 0.05) is 24.5 Å². The Kier molecular flexibility index (Phi) is 8.61. The molecular weight excluding hydrogens is 436 g/mol. The Hall–Kier alpha value is -3.37. The van der Waals surface area contributed by atoms with E-state index < -0.39 is 46.6 Å². The molecule has 0 aromatic heterocycles. The molecule has 3 atom stereocenters. The standard InChI is InChI=1S/C22H30N2O9/c1-22(2,3)33-21(27)23-13-18(32-15-8-6-14(7-9-15)24(28)29)16(10-11-19(25)30-4)17(23)12-20(26)31-5/h6-9,16-18H,10-13H2,1-5H3/t16-,17?,18?/m1/s1. The van der Waals surface area contributed by atoms with Crippen LogP contribution in [0.3, 0.4) is 0 Å². The average Bonchev–Trinajstić information content (AvgIpc) is 3.07. The molecule has 0 spiro atoms. The summed E-state index contributed by atoms with van der Waals surface area (Å²) in [7, 11) is 2.53. The van der Waals surface area contributed by atoms with Crippen molar-refractivity contribution in [2.24, 2.45) is 5.92 Å². The molecule has 2 rings (SSSR count). The Morgan fingerprint density at radius 1 is 1.09 bits per heavy atom. The van der Waals surface area contributed by atoms with Gasteiger partial charge >= 0.3 is 18.0 Å². The number of likely N-dealkylation sites (tertiary alicyclic amines) is 1. The molecule has 1 aliphatic rings. The molecule has 11 heteroatoms. The maximum atomic E-state index is 12.9. The van der Waals surface area contributed by atoms with E-state index in [9.17, 15) is 24.5 Å². The SMILES string of the molecule is COC(=O)CC[C@H]1C(Oc2ccc([N+](=O)[O-])cc2)CN(C(=O)OC(C)(C)C)C1CC(=O)OC. The number of hydrogen-bond donors (Lipinski definition) is 0. The molecule has 0 N–H and O–H groups in total. The summed E-state index contributed by atoms with van der Waals surface area (Å²) in [6.07, 6.45) is -0.985. The van der Waals surface area contributed by atoms with Gasteiger partial charge in [0.1, 0.15) is 17.5 Å². The van der Waals surface area contributed by atoms with Crippen molar-refractivity contribution in [2.75, 3.05) is 20.8 Å².